The van der Waals surface area contributed by atoms with Crippen LogP contribution in [-0.2, 0) is 0 Å². The molecule has 1 aliphatic rings. The number of nitrogens with zero attached hydrogens (tertiary/aromatic N) is 3. The largest absolute Gasteiger partial charge is 0.438 e. The number of hydrogen-bond donors (Lipinski definition) is 1. The van der Waals surface area contributed by atoms with E-state index in [0.717, 1.165) is 21.0 Å². The number of rotatable bonds is 4. The van der Waals surface area contributed by atoms with Crippen molar-refractivity contribution in [1.29, 1.82) is 0 Å². The van der Waals surface area contributed by atoms with Gasteiger partial charge in [0.05, 0.1) is 16.4 Å². The molecule has 2 aromatic heterocycles. The Labute approximate surface area is 174 Å². The van der Waals surface area contributed by atoms with Gasteiger partial charge in [0.2, 0.25) is 5.88 Å². The van der Waals surface area contributed by atoms with Crippen molar-refractivity contribution in [3.05, 3.63) is 67.1 Å². The molecule has 1 aliphatic carbocycles. The van der Waals surface area contributed by atoms with Crippen molar-refractivity contribution in [3.63, 3.8) is 0 Å². The fourth-order valence-electron chi connectivity index (χ4n) is 3.17. The Morgan fingerprint density at radius 3 is 2.21 bits per heavy atom. The Hall–Kier alpha value is -2.99. The number of ether oxygens (including phenoxy) is 1. The first-order chi connectivity index (χ1) is 14.4. The molecule has 0 radical (unpaired) electrons. The summed E-state index contributed by atoms with van der Waals surface area (Å²) in [7, 11) is 0. The minimum atomic E-state index is 0.472. The molecular weight excluding hydrogens is 380 g/mol. The Kier molecular flexibility index (Phi) is 6.65. The lowest BCUT2D eigenvalue weighted by Crippen LogP contribution is -1.91. The molecule has 0 bridgehead atoms. The Morgan fingerprint density at radius 2 is 1.55 bits per heavy atom. The summed E-state index contributed by atoms with van der Waals surface area (Å²) < 4.78 is 6.78. The highest BCUT2D eigenvalue weighted by molar-refractivity contribution is 7.22. The van der Waals surface area contributed by atoms with Crippen LogP contribution in [0, 0.1) is 0 Å². The molecular formula is C23H24N4OS. The molecule has 29 heavy (non-hydrogen) atoms. The fraction of sp³-hybridized carbons (Fsp3) is 0.261. The van der Waals surface area contributed by atoms with Gasteiger partial charge in [0, 0.05) is 18.1 Å². The van der Waals surface area contributed by atoms with Gasteiger partial charge in [0.25, 0.3) is 0 Å². The molecule has 2 aromatic carbocycles. The SMILES string of the molecule is C1CCCCC1.c1ccc2sc(Nc3ccc(Oc4cnccn4)cc3)nc2c1. The molecule has 1 N–H and O–H groups in total. The quantitative estimate of drug-likeness (QED) is 0.398. The van der Waals surface area contributed by atoms with Crippen LogP contribution in [0.3, 0.4) is 0 Å². The van der Waals surface area contributed by atoms with Crippen LogP contribution in [0.1, 0.15) is 38.5 Å². The average molecular weight is 405 g/mol. The molecule has 0 unspecified atom stereocenters. The molecule has 4 aromatic rings. The van der Waals surface area contributed by atoms with Crippen LogP contribution >= 0.6 is 11.3 Å². The maximum Gasteiger partial charge on any atom is 0.237 e. The predicted octanol–water partition coefficient (Wildman–Crippen LogP) is 6.96. The van der Waals surface area contributed by atoms with Crippen LogP contribution < -0.4 is 10.1 Å². The minimum absolute atomic E-state index is 0.472. The van der Waals surface area contributed by atoms with E-state index in [0.29, 0.717) is 11.6 Å². The van der Waals surface area contributed by atoms with Gasteiger partial charge in [-0.3, -0.25) is 4.98 Å². The predicted molar refractivity (Wildman–Crippen MR) is 119 cm³/mol. The fourth-order valence-corrected chi connectivity index (χ4v) is 4.06. The second-order valence-corrected chi connectivity index (χ2v) is 7.93. The van der Waals surface area contributed by atoms with E-state index in [1.807, 2.05) is 42.5 Å². The summed E-state index contributed by atoms with van der Waals surface area (Å²) >= 11 is 1.63. The molecule has 0 saturated heterocycles. The van der Waals surface area contributed by atoms with E-state index in [1.54, 1.807) is 29.9 Å². The lowest BCUT2D eigenvalue weighted by atomic mass is 10.0. The molecule has 0 spiro atoms. The highest BCUT2D eigenvalue weighted by Gasteiger charge is 2.04. The van der Waals surface area contributed by atoms with Crippen LogP contribution in [0.5, 0.6) is 11.6 Å². The molecule has 0 amide bonds. The number of thiazole rings is 1. The molecule has 0 aliphatic heterocycles. The number of hydrogen-bond acceptors (Lipinski definition) is 6. The van der Waals surface area contributed by atoms with Crippen molar-refractivity contribution in [2.24, 2.45) is 0 Å². The van der Waals surface area contributed by atoms with Gasteiger partial charge in [-0.05, 0) is 36.4 Å². The summed E-state index contributed by atoms with van der Waals surface area (Å²) in [5.74, 6) is 1.18. The van der Waals surface area contributed by atoms with Crippen LogP contribution in [0.25, 0.3) is 10.2 Å². The second kappa shape index (κ2) is 9.98. The van der Waals surface area contributed by atoms with E-state index in [4.69, 9.17) is 4.74 Å². The summed E-state index contributed by atoms with van der Waals surface area (Å²) in [6.45, 7) is 0. The second-order valence-electron chi connectivity index (χ2n) is 6.90. The van der Waals surface area contributed by atoms with Gasteiger partial charge in [0.1, 0.15) is 5.75 Å². The van der Waals surface area contributed by atoms with E-state index in [-0.39, 0.29) is 0 Å². The zero-order valence-corrected chi connectivity index (χ0v) is 17.1. The van der Waals surface area contributed by atoms with Crippen LogP contribution in [-0.4, -0.2) is 15.0 Å². The van der Waals surface area contributed by atoms with Gasteiger partial charge < -0.3 is 10.1 Å². The molecule has 1 fully saturated rings. The van der Waals surface area contributed by atoms with Crippen molar-refractivity contribution in [1.82, 2.24) is 15.0 Å². The number of nitrogens with one attached hydrogen (secondary N) is 1. The maximum absolute atomic E-state index is 5.62. The number of aromatic nitrogens is 3. The van der Waals surface area contributed by atoms with E-state index in [2.05, 4.69) is 26.3 Å². The first-order valence-corrected chi connectivity index (χ1v) is 10.8. The van der Waals surface area contributed by atoms with E-state index in [1.165, 1.54) is 38.5 Å². The highest BCUT2D eigenvalue weighted by Crippen LogP contribution is 2.29. The van der Waals surface area contributed by atoms with Crippen LogP contribution in [0.2, 0.25) is 0 Å². The smallest absolute Gasteiger partial charge is 0.237 e. The van der Waals surface area contributed by atoms with Crippen molar-refractivity contribution >= 4 is 32.4 Å². The maximum atomic E-state index is 5.62. The Balaban J connectivity index is 0.000000294. The average Bonchev–Trinajstić information content (AvgIpc) is 3.20. The van der Waals surface area contributed by atoms with Crippen molar-refractivity contribution in [3.8, 4) is 11.6 Å². The Bertz CT molecular complexity index is 969. The molecule has 6 heteroatoms. The number of para-hydroxylation sites is 1. The zero-order chi connectivity index (χ0) is 19.7. The van der Waals surface area contributed by atoms with Gasteiger partial charge in [-0.2, -0.15) is 0 Å². The van der Waals surface area contributed by atoms with E-state index >= 15 is 0 Å². The summed E-state index contributed by atoms with van der Waals surface area (Å²) in [6.07, 6.45) is 13.8. The van der Waals surface area contributed by atoms with Gasteiger partial charge in [-0.1, -0.05) is 62.0 Å². The van der Waals surface area contributed by atoms with Gasteiger partial charge >= 0.3 is 0 Å². The van der Waals surface area contributed by atoms with E-state index in [9.17, 15) is 0 Å². The van der Waals surface area contributed by atoms with Gasteiger partial charge in [-0.25, -0.2) is 9.97 Å². The first kappa shape index (κ1) is 19.3. The monoisotopic (exact) mass is 404 g/mol. The lowest BCUT2D eigenvalue weighted by Gasteiger charge is -2.06. The molecule has 1 saturated carbocycles. The zero-order valence-electron chi connectivity index (χ0n) is 16.3. The summed E-state index contributed by atoms with van der Waals surface area (Å²) in [5, 5.41) is 4.18. The third-order valence-corrected chi connectivity index (χ3v) is 5.61. The topological polar surface area (TPSA) is 59.9 Å². The van der Waals surface area contributed by atoms with Gasteiger partial charge in [0.15, 0.2) is 5.13 Å². The molecule has 148 valence electrons. The minimum Gasteiger partial charge on any atom is -0.438 e. The van der Waals surface area contributed by atoms with Gasteiger partial charge in [-0.15, -0.1) is 0 Å². The number of anilines is 2. The first-order valence-electron chi connectivity index (χ1n) is 10.0. The number of benzene rings is 2. The molecule has 2 heterocycles. The summed E-state index contributed by atoms with van der Waals surface area (Å²) in [6, 6.07) is 15.7. The van der Waals surface area contributed by atoms with Crippen LogP contribution in [0.4, 0.5) is 10.8 Å². The van der Waals surface area contributed by atoms with Crippen molar-refractivity contribution in [2.45, 2.75) is 38.5 Å². The standard InChI is InChI=1S/C17H12N4OS.C6H12/c1-2-4-15-14(3-1)21-17(23-15)20-12-5-7-13(8-6-12)22-16-11-18-9-10-19-16;1-2-4-6-5-3-1/h1-11H,(H,20,21);1-6H2. The summed E-state index contributed by atoms with van der Waals surface area (Å²) in [5.41, 5.74) is 1.96. The number of fused-ring (bicyclic) bond motifs is 1. The summed E-state index contributed by atoms with van der Waals surface area (Å²) in [4.78, 5) is 12.6. The third-order valence-electron chi connectivity index (χ3n) is 4.66. The van der Waals surface area contributed by atoms with Crippen molar-refractivity contribution in [2.75, 3.05) is 5.32 Å². The normalized spacial score (nSPS) is 13.4. The third kappa shape index (κ3) is 5.74. The molecule has 5 rings (SSSR count). The van der Waals surface area contributed by atoms with E-state index < -0.39 is 0 Å². The lowest BCUT2D eigenvalue weighted by molar-refractivity contribution is 0.460. The Morgan fingerprint density at radius 1 is 0.828 bits per heavy atom. The van der Waals surface area contributed by atoms with Crippen LogP contribution in [0.15, 0.2) is 67.1 Å². The molecule has 0 atom stereocenters. The highest BCUT2D eigenvalue weighted by atomic mass is 32.1. The molecule has 5 nitrogen and oxygen atoms in total. The van der Waals surface area contributed by atoms with Crippen molar-refractivity contribution < 1.29 is 4.74 Å².